The number of para-hydroxylation sites is 2. The van der Waals surface area contributed by atoms with E-state index >= 15 is 0 Å². The molecule has 0 saturated carbocycles. The highest BCUT2D eigenvalue weighted by Gasteiger charge is 2.11. The quantitative estimate of drug-likeness (QED) is 0.308. The Morgan fingerprint density at radius 3 is 2.50 bits per heavy atom. The van der Waals surface area contributed by atoms with Gasteiger partial charge in [0.15, 0.2) is 0 Å². The molecule has 0 aliphatic rings. The fourth-order valence-electron chi connectivity index (χ4n) is 4.32. The van der Waals surface area contributed by atoms with Gasteiger partial charge in [0, 0.05) is 25.1 Å². The molecule has 0 aliphatic carbocycles. The number of ether oxygens (including phenoxy) is 1. The van der Waals surface area contributed by atoms with Crippen molar-refractivity contribution in [2.45, 2.75) is 46.6 Å². The molecule has 3 aromatic carbocycles. The molecule has 1 N–H and O–H groups in total. The Morgan fingerprint density at radius 2 is 1.71 bits per heavy atom. The van der Waals surface area contributed by atoms with Crippen molar-refractivity contribution in [3.05, 3.63) is 94.8 Å². The van der Waals surface area contributed by atoms with E-state index in [4.69, 9.17) is 9.72 Å². The van der Waals surface area contributed by atoms with Crippen molar-refractivity contribution in [1.29, 1.82) is 0 Å². The van der Waals surface area contributed by atoms with Crippen LogP contribution in [0.3, 0.4) is 0 Å². The maximum Gasteiger partial charge on any atom is 0.251 e. The van der Waals surface area contributed by atoms with Gasteiger partial charge in [-0.05, 0) is 81.1 Å². The van der Waals surface area contributed by atoms with Crippen LogP contribution in [-0.2, 0) is 13.0 Å². The fourth-order valence-corrected chi connectivity index (χ4v) is 4.32. The highest BCUT2D eigenvalue weighted by molar-refractivity contribution is 5.94. The van der Waals surface area contributed by atoms with Crippen LogP contribution >= 0.6 is 0 Å². The number of fused-ring (bicyclic) bond motifs is 1. The first-order chi connectivity index (χ1) is 16.5. The topological polar surface area (TPSA) is 56.1 Å². The zero-order valence-electron chi connectivity index (χ0n) is 20.3. The van der Waals surface area contributed by atoms with Gasteiger partial charge >= 0.3 is 0 Å². The standard InChI is InChI=1S/C29H33N3O2/c1-21-9-8-10-24(18-21)29(33)30-14-13-28-31-26-11-4-5-12-27(26)32(28)15-6-7-16-34-25-19-22(2)17-23(3)20-25/h4-5,8-12,17-20H,6-7,13-16H2,1-3H3,(H,30,33). The molecule has 1 heterocycles. The largest absolute Gasteiger partial charge is 0.494 e. The molecule has 4 rings (SSSR count). The first-order valence-corrected chi connectivity index (χ1v) is 12.0. The van der Waals surface area contributed by atoms with Gasteiger partial charge in [-0.2, -0.15) is 0 Å². The SMILES string of the molecule is Cc1cc(C)cc(OCCCCn2c(CCNC(=O)c3cccc(C)c3)nc3ccccc32)c1. The molecule has 0 bridgehead atoms. The summed E-state index contributed by atoms with van der Waals surface area (Å²) >= 11 is 0. The highest BCUT2D eigenvalue weighted by Crippen LogP contribution is 2.19. The maximum absolute atomic E-state index is 12.5. The Morgan fingerprint density at radius 1 is 0.912 bits per heavy atom. The van der Waals surface area contributed by atoms with Gasteiger partial charge in [-0.3, -0.25) is 4.79 Å². The first-order valence-electron chi connectivity index (χ1n) is 12.0. The van der Waals surface area contributed by atoms with Crippen LogP contribution in [-0.4, -0.2) is 28.6 Å². The molecule has 0 spiro atoms. The molecule has 1 amide bonds. The Kier molecular flexibility index (Phi) is 7.63. The molecular formula is C29H33N3O2. The van der Waals surface area contributed by atoms with Gasteiger partial charge in [-0.25, -0.2) is 4.98 Å². The number of amides is 1. The Labute approximate surface area is 201 Å². The Bertz CT molecular complexity index is 1260. The Balaban J connectivity index is 1.33. The highest BCUT2D eigenvalue weighted by atomic mass is 16.5. The zero-order chi connectivity index (χ0) is 23.9. The molecule has 1 aromatic heterocycles. The van der Waals surface area contributed by atoms with E-state index in [0.717, 1.165) is 47.6 Å². The minimum absolute atomic E-state index is 0.0464. The molecule has 0 saturated heterocycles. The minimum Gasteiger partial charge on any atom is -0.494 e. The van der Waals surface area contributed by atoms with Crippen LogP contribution in [0.25, 0.3) is 11.0 Å². The van der Waals surface area contributed by atoms with Crippen molar-refractivity contribution < 1.29 is 9.53 Å². The molecule has 0 atom stereocenters. The first kappa shape index (κ1) is 23.6. The van der Waals surface area contributed by atoms with Crippen molar-refractivity contribution in [3.8, 4) is 5.75 Å². The summed E-state index contributed by atoms with van der Waals surface area (Å²) in [5.74, 6) is 1.89. The molecule has 34 heavy (non-hydrogen) atoms. The predicted molar refractivity (Wildman–Crippen MR) is 138 cm³/mol. The van der Waals surface area contributed by atoms with Crippen LogP contribution < -0.4 is 10.1 Å². The normalized spacial score (nSPS) is 11.0. The van der Waals surface area contributed by atoms with E-state index in [2.05, 4.69) is 48.0 Å². The average molecular weight is 456 g/mol. The second kappa shape index (κ2) is 11.0. The van der Waals surface area contributed by atoms with Gasteiger partial charge in [0.05, 0.1) is 17.6 Å². The molecule has 4 aromatic rings. The van der Waals surface area contributed by atoms with Gasteiger partial charge < -0.3 is 14.6 Å². The van der Waals surface area contributed by atoms with Crippen LogP contribution in [0.5, 0.6) is 5.75 Å². The van der Waals surface area contributed by atoms with Crippen molar-refractivity contribution in [3.63, 3.8) is 0 Å². The zero-order valence-corrected chi connectivity index (χ0v) is 20.3. The van der Waals surface area contributed by atoms with Crippen LogP contribution in [0.1, 0.15) is 45.7 Å². The van der Waals surface area contributed by atoms with E-state index < -0.39 is 0 Å². The molecule has 0 aliphatic heterocycles. The lowest BCUT2D eigenvalue weighted by atomic mass is 10.1. The van der Waals surface area contributed by atoms with Gasteiger partial charge in [0.2, 0.25) is 0 Å². The van der Waals surface area contributed by atoms with Gasteiger partial charge in [-0.15, -0.1) is 0 Å². The summed E-state index contributed by atoms with van der Waals surface area (Å²) < 4.78 is 8.26. The van der Waals surface area contributed by atoms with Crippen LogP contribution in [0.4, 0.5) is 0 Å². The van der Waals surface area contributed by atoms with E-state index in [1.54, 1.807) is 0 Å². The summed E-state index contributed by atoms with van der Waals surface area (Å²) in [5, 5.41) is 3.04. The Hall–Kier alpha value is -3.60. The number of carbonyl (C=O) groups is 1. The number of nitrogens with one attached hydrogen (secondary N) is 1. The molecular weight excluding hydrogens is 422 g/mol. The van der Waals surface area contributed by atoms with E-state index in [0.29, 0.717) is 25.1 Å². The summed E-state index contributed by atoms with van der Waals surface area (Å²) in [6, 6.07) is 22.2. The van der Waals surface area contributed by atoms with E-state index in [1.807, 2.05) is 49.4 Å². The van der Waals surface area contributed by atoms with Gasteiger partial charge in [0.1, 0.15) is 11.6 Å². The molecule has 0 unspecified atom stereocenters. The number of aromatic nitrogens is 2. The van der Waals surface area contributed by atoms with Crippen LogP contribution in [0, 0.1) is 20.8 Å². The molecule has 5 heteroatoms. The third-order valence-electron chi connectivity index (χ3n) is 5.89. The van der Waals surface area contributed by atoms with Crippen molar-refractivity contribution >= 4 is 16.9 Å². The maximum atomic E-state index is 12.5. The lowest BCUT2D eigenvalue weighted by Crippen LogP contribution is -2.26. The number of hydrogen-bond acceptors (Lipinski definition) is 3. The minimum atomic E-state index is -0.0464. The number of imidazole rings is 1. The van der Waals surface area contributed by atoms with Gasteiger partial charge in [0.25, 0.3) is 5.91 Å². The monoisotopic (exact) mass is 455 g/mol. The smallest absolute Gasteiger partial charge is 0.251 e. The molecule has 0 fully saturated rings. The molecule has 0 radical (unpaired) electrons. The van der Waals surface area contributed by atoms with Crippen LogP contribution in [0.15, 0.2) is 66.7 Å². The number of aryl methyl sites for hydroxylation is 4. The van der Waals surface area contributed by atoms with E-state index in [9.17, 15) is 4.79 Å². The number of carbonyl (C=O) groups excluding carboxylic acids is 1. The van der Waals surface area contributed by atoms with E-state index in [-0.39, 0.29) is 5.91 Å². The summed E-state index contributed by atoms with van der Waals surface area (Å²) in [6.45, 7) is 8.29. The second-order valence-corrected chi connectivity index (χ2v) is 8.92. The third kappa shape index (κ3) is 6.04. The van der Waals surface area contributed by atoms with Gasteiger partial charge in [-0.1, -0.05) is 35.9 Å². The van der Waals surface area contributed by atoms with E-state index in [1.165, 1.54) is 11.1 Å². The molecule has 5 nitrogen and oxygen atoms in total. The van der Waals surface area contributed by atoms with Crippen molar-refractivity contribution in [2.24, 2.45) is 0 Å². The van der Waals surface area contributed by atoms with Crippen molar-refractivity contribution in [2.75, 3.05) is 13.2 Å². The average Bonchev–Trinajstić information content (AvgIpc) is 3.15. The lowest BCUT2D eigenvalue weighted by molar-refractivity contribution is 0.0954. The lowest BCUT2D eigenvalue weighted by Gasteiger charge is -2.11. The number of hydrogen-bond donors (Lipinski definition) is 1. The summed E-state index contributed by atoms with van der Waals surface area (Å²) in [4.78, 5) is 17.3. The summed E-state index contributed by atoms with van der Waals surface area (Å²) in [5.41, 5.74) is 6.35. The van der Waals surface area contributed by atoms with Crippen molar-refractivity contribution in [1.82, 2.24) is 14.9 Å². The summed E-state index contributed by atoms with van der Waals surface area (Å²) in [6.07, 6.45) is 2.64. The van der Waals surface area contributed by atoms with Crippen LogP contribution in [0.2, 0.25) is 0 Å². The predicted octanol–water partition coefficient (Wildman–Crippen LogP) is 5.79. The second-order valence-electron chi connectivity index (χ2n) is 8.92. The summed E-state index contributed by atoms with van der Waals surface area (Å²) in [7, 11) is 0. The fraction of sp³-hybridized carbons (Fsp3) is 0.310. The number of benzene rings is 3. The number of rotatable bonds is 10. The molecule has 176 valence electrons. The number of nitrogens with zero attached hydrogens (tertiary/aromatic N) is 2. The number of unbranched alkanes of at least 4 members (excludes halogenated alkanes) is 1. The third-order valence-corrected chi connectivity index (χ3v) is 5.89.